The van der Waals surface area contributed by atoms with E-state index in [9.17, 15) is 9.59 Å². The van der Waals surface area contributed by atoms with E-state index in [1.807, 2.05) is 24.3 Å². The number of amides is 1. The van der Waals surface area contributed by atoms with Gasteiger partial charge in [-0.15, -0.1) is 0 Å². The van der Waals surface area contributed by atoms with Crippen LogP contribution in [0.15, 0.2) is 24.3 Å². The Bertz CT molecular complexity index is 575. The standard InChI is InChI=1S/C15H18N2O4/c1-3-21-15(19)17-12-7-5-4-6-9(12)10-8-11(14(18)20-2)16-13(10)17/h4-7,10-11,13,16H,3,8H2,1-2H3/t10-,11?,13+/m1/s1. The van der Waals surface area contributed by atoms with E-state index >= 15 is 0 Å². The van der Waals surface area contributed by atoms with Crippen molar-refractivity contribution in [2.75, 3.05) is 18.6 Å². The number of carbonyl (C=O) groups is 2. The first kappa shape index (κ1) is 13.9. The van der Waals surface area contributed by atoms with Crippen LogP contribution in [-0.4, -0.2) is 38.0 Å². The first-order valence-corrected chi connectivity index (χ1v) is 7.06. The number of hydrogen-bond donors (Lipinski definition) is 1. The van der Waals surface area contributed by atoms with Crippen LogP contribution < -0.4 is 10.2 Å². The molecular formula is C15H18N2O4. The Morgan fingerprint density at radius 1 is 1.38 bits per heavy atom. The second kappa shape index (κ2) is 5.37. The minimum atomic E-state index is -0.393. The predicted molar refractivity (Wildman–Crippen MR) is 76.0 cm³/mol. The van der Waals surface area contributed by atoms with E-state index in [2.05, 4.69) is 5.32 Å². The van der Waals surface area contributed by atoms with Gasteiger partial charge in [0.1, 0.15) is 6.04 Å². The maximum Gasteiger partial charge on any atom is 0.415 e. The third-order valence-corrected chi connectivity index (χ3v) is 4.07. The Hall–Kier alpha value is -2.08. The van der Waals surface area contributed by atoms with Crippen molar-refractivity contribution in [1.29, 1.82) is 0 Å². The molecule has 0 radical (unpaired) electrons. The Morgan fingerprint density at radius 2 is 2.14 bits per heavy atom. The molecule has 0 aliphatic carbocycles. The van der Waals surface area contributed by atoms with Crippen LogP contribution in [0.3, 0.4) is 0 Å². The van der Waals surface area contributed by atoms with E-state index in [0.717, 1.165) is 11.3 Å². The summed E-state index contributed by atoms with van der Waals surface area (Å²) in [5, 5.41) is 3.19. The van der Waals surface area contributed by atoms with Gasteiger partial charge in [0.2, 0.25) is 0 Å². The Balaban J connectivity index is 1.93. The largest absolute Gasteiger partial charge is 0.468 e. The van der Waals surface area contributed by atoms with Gasteiger partial charge in [0.05, 0.1) is 25.6 Å². The molecule has 1 aromatic rings. The van der Waals surface area contributed by atoms with E-state index in [4.69, 9.17) is 9.47 Å². The van der Waals surface area contributed by atoms with Crippen LogP contribution in [0.5, 0.6) is 0 Å². The highest BCUT2D eigenvalue weighted by Crippen LogP contribution is 2.45. The number of carbonyl (C=O) groups excluding carboxylic acids is 2. The smallest absolute Gasteiger partial charge is 0.415 e. The monoisotopic (exact) mass is 290 g/mol. The molecule has 1 unspecified atom stereocenters. The van der Waals surface area contributed by atoms with Gasteiger partial charge in [-0.3, -0.25) is 15.0 Å². The van der Waals surface area contributed by atoms with Crippen molar-refractivity contribution in [1.82, 2.24) is 5.32 Å². The van der Waals surface area contributed by atoms with Gasteiger partial charge in [-0.2, -0.15) is 0 Å². The Kier molecular flexibility index (Phi) is 3.55. The zero-order valence-electron chi connectivity index (χ0n) is 12.0. The third-order valence-electron chi connectivity index (χ3n) is 4.07. The van der Waals surface area contributed by atoms with Gasteiger partial charge in [0.15, 0.2) is 0 Å². The number of hydrogen-bond acceptors (Lipinski definition) is 5. The van der Waals surface area contributed by atoms with Crippen LogP contribution in [0.4, 0.5) is 10.5 Å². The fourth-order valence-corrected chi connectivity index (χ4v) is 3.21. The molecule has 0 spiro atoms. The van der Waals surface area contributed by atoms with Crippen molar-refractivity contribution in [2.24, 2.45) is 0 Å². The zero-order valence-corrected chi connectivity index (χ0v) is 12.0. The molecule has 0 aromatic heterocycles. The summed E-state index contributed by atoms with van der Waals surface area (Å²) in [5.74, 6) is -0.222. The van der Waals surface area contributed by atoms with Crippen molar-refractivity contribution in [3.63, 3.8) is 0 Å². The minimum absolute atomic E-state index is 0.0784. The first-order valence-electron chi connectivity index (χ1n) is 7.06. The number of para-hydroxylation sites is 1. The van der Waals surface area contributed by atoms with Gasteiger partial charge in [0.25, 0.3) is 0 Å². The number of benzene rings is 1. The highest BCUT2D eigenvalue weighted by Gasteiger charge is 2.49. The molecule has 21 heavy (non-hydrogen) atoms. The second-order valence-corrected chi connectivity index (χ2v) is 5.16. The lowest BCUT2D eigenvalue weighted by Crippen LogP contribution is -2.48. The topological polar surface area (TPSA) is 67.9 Å². The number of rotatable bonds is 2. The molecule has 1 saturated heterocycles. The predicted octanol–water partition coefficient (Wildman–Crippen LogP) is 1.61. The van der Waals surface area contributed by atoms with Crippen molar-refractivity contribution in [3.8, 4) is 0 Å². The third kappa shape index (κ3) is 2.15. The number of nitrogens with one attached hydrogen (secondary N) is 1. The van der Waals surface area contributed by atoms with Gasteiger partial charge in [-0.05, 0) is 25.0 Å². The maximum atomic E-state index is 12.2. The summed E-state index contributed by atoms with van der Waals surface area (Å²) in [6.45, 7) is 2.09. The lowest BCUT2D eigenvalue weighted by molar-refractivity contribution is -0.142. The molecule has 2 aliphatic heterocycles. The number of fused-ring (bicyclic) bond motifs is 3. The second-order valence-electron chi connectivity index (χ2n) is 5.16. The van der Waals surface area contributed by atoms with Crippen LogP contribution in [0.1, 0.15) is 24.8 Å². The lowest BCUT2D eigenvalue weighted by Gasteiger charge is -2.24. The minimum Gasteiger partial charge on any atom is -0.468 e. The average molecular weight is 290 g/mol. The highest BCUT2D eigenvalue weighted by molar-refractivity contribution is 5.92. The molecule has 0 bridgehead atoms. The molecule has 3 rings (SSSR count). The number of esters is 1. The lowest BCUT2D eigenvalue weighted by atomic mass is 9.96. The summed E-state index contributed by atoms with van der Waals surface area (Å²) < 4.78 is 9.94. The quantitative estimate of drug-likeness (QED) is 0.838. The summed E-state index contributed by atoms with van der Waals surface area (Å²) >= 11 is 0. The molecule has 1 amide bonds. The summed E-state index contributed by atoms with van der Waals surface area (Å²) in [6.07, 6.45) is -0.0365. The summed E-state index contributed by atoms with van der Waals surface area (Å²) in [4.78, 5) is 25.6. The normalized spacial score (nSPS) is 26.2. The van der Waals surface area contributed by atoms with Crippen LogP contribution in [-0.2, 0) is 14.3 Å². The maximum absolute atomic E-state index is 12.2. The van der Waals surface area contributed by atoms with E-state index in [-0.39, 0.29) is 18.1 Å². The summed E-state index contributed by atoms with van der Waals surface area (Å²) in [7, 11) is 1.37. The van der Waals surface area contributed by atoms with Crippen molar-refractivity contribution in [3.05, 3.63) is 29.8 Å². The van der Waals surface area contributed by atoms with Crippen molar-refractivity contribution < 1.29 is 19.1 Å². The number of ether oxygens (including phenoxy) is 2. The van der Waals surface area contributed by atoms with Gasteiger partial charge < -0.3 is 9.47 Å². The molecule has 0 saturated carbocycles. The van der Waals surface area contributed by atoms with Gasteiger partial charge in [0, 0.05) is 5.92 Å². The molecule has 3 atom stereocenters. The van der Waals surface area contributed by atoms with Crippen LogP contribution in [0, 0.1) is 0 Å². The van der Waals surface area contributed by atoms with Gasteiger partial charge in [-0.1, -0.05) is 18.2 Å². The van der Waals surface area contributed by atoms with E-state index < -0.39 is 12.1 Å². The molecule has 6 nitrogen and oxygen atoms in total. The van der Waals surface area contributed by atoms with E-state index in [0.29, 0.717) is 13.0 Å². The fraction of sp³-hybridized carbons (Fsp3) is 0.467. The summed E-state index contributed by atoms with van der Waals surface area (Å²) in [6, 6.07) is 7.34. The molecule has 1 N–H and O–H groups in total. The molecule has 6 heteroatoms. The number of methoxy groups -OCH3 is 1. The number of nitrogens with zero attached hydrogens (tertiary/aromatic N) is 1. The summed E-state index contributed by atoms with van der Waals surface area (Å²) in [5.41, 5.74) is 1.91. The molecule has 1 aromatic carbocycles. The fourth-order valence-electron chi connectivity index (χ4n) is 3.21. The Labute approximate surface area is 123 Å². The first-order chi connectivity index (χ1) is 10.2. The van der Waals surface area contributed by atoms with Crippen molar-refractivity contribution >= 4 is 17.7 Å². The number of anilines is 1. The van der Waals surface area contributed by atoms with Gasteiger partial charge in [-0.25, -0.2) is 4.79 Å². The molecule has 2 heterocycles. The molecular weight excluding hydrogens is 272 g/mol. The van der Waals surface area contributed by atoms with Gasteiger partial charge >= 0.3 is 12.1 Å². The average Bonchev–Trinajstić information content (AvgIpc) is 3.03. The Morgan fingerprint density at radius 3 is 2.86 bits per heavy atom. The van der Waals surface area contributed by atoms with Crippen LogP contribution in [0.2, 0.25) is 0 Å². The highest BCUT2D eigenvalue weighted by atomic mass is 16.6. The molecule has 1 fully saturated rings. The van der Waals surface area contributed by atoms with Crippen LogP contribution >= 0.6 is 0 Å². The van der Waals surface area contributed by atoms with E-state index in [1.54, 1.807) is 11.8 Å². The molecule has 112 valence electrons. The van der Waals surface area contributed by atoms with Crippen LogP contribution in [0.25, 0.3) is 0 Å². The van der Waals surface area contributed by atoms with Crippen molar-refractivity contribution in [2.45, 2.75) is 31.5 Å². The zero-order chi connectivity index (χ0) is 15.0. The van der Waals surface area contributed by atoms with E-state index in [1.165, 1.54) is 7.11 Å². The molecule has 2 aliphatic rings. The SMILES string of the molecule is CCOC(=O)N1c2ccccc2[C@H]2CC(C(=O)OC)N[C@H]21.